The number of nitrogens with zero attached hydrogens (tertiary/aromatic N) is 4. The van der Waals surface area contributed by atoms with Crippen LogP contribution in [0.5, 0.6) is 11.9 Å². The first-order valence-electron chi connectivity index (χ1n) is 7.42. The molecule has 23 heavy (non-hydrogen) atoms. The minimum Gasteiger partial charge on any atom is -0.480 e. The summed E-state index contributed by atoms with van der Waals surface area (Å²) in [7, 11) is 3.05. The third-order valence-corrected chi connectivity index (χ3v) is 4.49. The number of halogens is 1. The van der Waals surface area contributed by atoms with Gasteiger partial charge in [-0.1, -0.05) is 25.4 Å². The second kappa shape index (κ2) is 5.92. The fourth-order valence-corrected chi connectivity index (χ4v) is 3.33. The van der Waals surface area contributed by atoms with E-state index in [9.17, 15) is 0 Å². The lowest BCUT2D eigenvalue weighted by atomic mass is 9.62. The highest BCUT2D eigenvalue weighted by Gasteiger charge is 2.38. The van der Waals surface area contributed by atoms with Gasteiger partial charge in [-0.25, -0.2) is 4.98 Å². The highest BCUT2D eigenvalue weighted by molar-refractivity contribution is 6.30. The molecule has 0 radical (unpaired) electrons. The van der Waals surface area contributed by atoms with E-state index in [1.54, 1.807) is 13.3 Å². The van der Waals surface area contributed by atoms with Crippen molar-refractivity contribution in [2.45, 2.75) is 32.6 Å². The van der Waals surface area contributed by atoms with Gasteiger partial charge in [0.15, 0.2) is 5.15 Å². The second-order valence-corrected chi connectivity index (χ2v) is 6.88. The molecule has 0 atom stereocenters. The van der Waals surface area contributed by atoms with Crippen LogP contribution < -0.4 is 9.47 Å². The highest BCUT2D eigenvalue weighted by atomic mass is 35.5. The van der Waals surface area contributed by atoms with Crippen LogP contribution in [0.2, 0.25) is 5.15 Å². The molecule has 0 aliphatic heterocycles. The molecule has 0 N–H and O–H groups in total. The van der Waals surface area contributed by atoms with Gasteiger partial charge in [0.25, 0.3) is 0 Å². The van der Waals surface area contributed by atoms with Crippen LogP contribution in [0, 0.1) is 5.41 Å². The van der Waals surface area contributed by atoms with Gasteiger partial charge in [0.1, 0.15) is 5.69 Å². The Morgan fingerprint density at radius 2 is 1.91 bits per heavy atom. The average molecular weight is 335 g/mol. The molecule has 1 aliphatic rings. The Labute approximate surface area is 140 Å². The molecule has 0 aromatic carbocycles. The quantitative estimate of drug-likeness (QED) is 0.852. The summed E-state index contributed by atoms with van der Waals surface area (Å²) < 4.78 is 10.3. The van der Waals surface area contributed by atoms with E-state index in [1.807, 2.05) is 6.07 Å². The summed E-state index contributed by atoms with van der Waals surface area (Å²) >= 11 is 6.25. The van der Waals surface area contributed by atoms with Gasteiger partial charge in [0.2, 0.25) is 5.88 Å². The van der Waals surface area contributed by atoms with E-state index in [-0.39, 0.29) is 6.01 Å². The van der Waals surface area contributed by atoms with E-state index in [0.717, 1.165) is 18.4 Å². The van der Waals surface area contributed by atoms with Gasteiger partial charge >= 0.3 is 6.01 Å². The van der Waals surface area contributed by atoms with Crippen molar-refractivity contribution in [2.24, 2.45) is 5.41 Å². The first kappa shape index (κ1) is 15.9. The first-order chi connectivity index (χ1) is 10.9. The summed E-state index contributed by atoms with van der Waals surface area (Å²) in [5.41, 5.74) is 2.69. The van der Waals surface area contributed by atoms with E-state index in [1.165, 1.54) is 7.11 Å². The summed E-state index contributed by atoms with van der Waals surface area (Å²) in [6.45, 7) is 4.51. The van der Waals surface area contributed by atoms with Crippen LogP contribution in [0.3, 0.4) is 0 Å². The van der Waals surface area contributed by atoms with Gasteiger partial charge < -0.3 is 9.47 Å². The maximum absolute atomic E-state index is 6.25. The Morgan fingerprint density at radius 1 is 1.17 bits per heavy atom. The van der Waals surface area contributed by atoms with Crippen molar-refractivity contribution in [3.63, 3.8) is 0 Å². The molecule has 2 aromatic rings. The summed E-state index contributed by atoms with van der Waals surface area (Å²) in [6, 6.07) is 2.21. The van der Waals surface area contributed by atoms with Crippen molar-refractivity contribution >= 4 is 11.6 Å². The third-order valence-electron chi connectivity index (χ3n) is 4.20. The standard InChI is InChI=1S/C16H19ClN4O2/c1-16(2)6-9(7-16)10-5-12(20-21-13(10)17)11-8-18-15(23-4)19-14(11)22-3/h5,8-9H,6-7H2,1-4H3. The maximum atomic E-state index is 6.25. The molecule has 1 aliphatic carbocycles. The van der Waals surface area contributed by atoms with Crippen LogP contribution in [-0.4, -0.2) is 34.4 Å². The minimum absolute atomic E-state index is 0.244. The van der Waals surface area contributed by atoms with Gasteiger partial charge in [0, 0.05) is 6.20 Å². The molecule has 0 saturated heterocycles. The predicted octanol–water partition coefficient (Wildman–Crippen LogP) is 3.51. The predicted molar refractivity (Wildman–Crippen MR) is 86.9 cm³/mol. The van der Waals surface area contributed by atoms with Crippen molar-refractivity contribution in [1.82, 2.24) is 20.2 Å². The molecule has 0 amide bonds. The minimum atomic E-state index is 0.244. The maximum Gasteiger partial charge on any atom is 0.319 e. The van der Waals surface area contributed by atoms with Crippen LogP contribution in [0.25, 0.3) is 11.3 Å². The first-order valence-corrected chi connectivity index (χ1v) is 7.80. The number of rotatable bonds is 4. The topological polar surface area (TPSA) is 70.0 Å². The van der Waals surface area contributed by atoms with E-state index in [2.05, 4.69) is 34.0 Å². The molecule has 1 fully saturated rings. The Kier molecular flexibility index (Phi) is 4.10. The lowest BCUT2D eigenvalue weighted by Gasteiger charge is -2.43. The zero-order valence-electron chi connectivity index (χ0n) is 13.6. The van der Waals surface area contributed by atoms with Gasteiger partial charge in [-0.05, 0) is 35.8 Å². The van der Waals surface area contributed by atoms with Gasteiger partial charge in [0.05, 0.1) is 19.8 Å². The average Bonchev–Trinajstić information content (AvgIpc) is 2.52. The van der Waals surface area contributed by atoms with E-state index in [0.29, 0.717) is 33.6 Å². The van der Waals surface area contributed by atoms with Crippen molar-refractivity contribution in [2.75, 3.05) is 14.2 Å². The molecule has 2 aromatic heterocycles. The van der Waals surface area contributed by atoms with Gasteiger partial charge in [-0.15, -0.1) is 10.2 Å². The van der Waals surface area contributed by atoms with E-state index < -0.39 is 0 Å². The third kappa shape index (κ3) is 3.08. The van der Waals surface area contributed by atoms with E-state index in [4.69, 9.17) is 21.1 Å². The molecule has 7 heteroatoms. The van der Waals surface area contributed by atoms with Gasteiger partial charge in [-0.3, -0.25) is 0 Å². The van der Waals surface area contributed by atoms with Crippen LogP contribution in [-0.2, 0) is 0 Å². The molecule has 0 bridgehead atoms. The fraction of sp³-hybridized carbons (Fsp3) is 0.500. The molecule has 0 spiro atoms. The number of aromatic nitrogens is 4. The molecule has 0 unspecified atom stereocenters. The Bertz CT molecular complexity index is 728. The number of hydrogen-bond acceptors (Lipinski definition) is 6. The second-order valence-electron chi connectivity index (χ2n) is 6.52. The van der Waals surface area contributed by atoms with Crippen molar-refractivity contribution in [3.05, 3.63) is 23.0 Å². The molecular weight excluding hydrogens is 316 g/mol. The monoisotopic (exact) mass is 334 g/mol. The molecule has 122 valence electrons. The van der Waals surface area contributed by atoms with Crippen LogP contribution in [0.1, 0.15) is 38.2 Å². The zero-order valence-corrected chi connectivity index (χ0v) is 14.4. The normalized spacial score (nSPS) is 16.7. The molecular formula is C16H19ClN4O2. The molecule has 2 heterocycles. The molecule has 1 saturated carbocycles. The smallest absolute Gasteiger partial charge is 0.319 e. The zero-order chi connectivity index (χ0) is 16.6. The van der Waals surface area contributed by atoms with Crippen molar-refractivity contribution < 1.29 is 9.47 Å². The number of hydrogen-bond donors (Lipinski definition) is 0. The van der Waals surface area contributed by atoms with Crippen molar-refractivity contribution in [3.8, 4) is 23.1 Å². The lowest BCUT2D eigenvalue weighted by Crippen LogP contribution is -2.30. The van der Waals surface area contributed by atoms with Crippen LogP contribution in [0.4, 0.5) is 0 Å². The van der Waals surface area contributed by atoms with Crippen LogP contribution >= 0.6 is 11.6 Å². The Hall–Kier alpha value is -1.95. The molecule has 6 nitrogen and oxygen atoms in total. The van der Waals surface area contributed by atoms with Crippen LogP contribution in [0.15, 0.2) is 12.3 Å². The summed E-state index contributed by atoms with van der Waals surface area (Å²) in [6.07, 6.45) is 3.80. The Morgan fingerprint density at radius 3 is 2.52 bits per heavy atom. The highest BCUT2D eigenvalue weighted by Crippen LogP contribution is 2.51. The van der Waals surface area contributed by atoms with E-state index >= 15 is 0 Å². The summed E-state index contributed by atoms with van der Waals surface area (Å²) in [5.74, 6) is 0.810. The summed E-state index contributed by atoms with van der Waals surface area (Å²) in [5, 5.41) is 8.73. The fourth-order valence-electron chi connectivity index (χ4n) is 3.08. The number of methoxy groups -OCH3 is 2. The molecule has 3 rings (SSSR count). The SMILES string of the molecule is COc1ncc(-c2cc(C3CC(C)(C)C3)c(Cl)nn2)c(OC)n1. The largest absolute Gasteiger partial charge is 0.480 e. The lowest BCUT2D eigenvalue weighted by molar-refractivity contribution is 0.151. The summed E-state index contributed by atoms with van der Waals surface area (Å²) in [4.78, 5) is 8.31. The Balaban J connectivity index is 1.98. The number of ether oxygens (including phenoxy) is 2. The van der Waals surface area contributed by atoms with Gasteiger partial charge in [-0.2, -0.15) is 4.98 Å². The van der Waals surface area contributed by atoms with Crippen molar-refractivity contribution in [1.29, 1.82) is 0 Å².